The number of aryl methyl sites for hydroxylation is 1. The predicted octanol–water partition coefficient (Wildman–Crippen LogP) is 1.20. The van der Waals surface area contributed by atoms with Gasteiger partial charge in [-0.25, -0.2) is 0 Å². The number of amides is 2. The van der Waals surface area contributed by atoms with Gasteiger partial charge in [0.05, 0.1) is 13.2 Å². The molecule has 2 aliphatic heterocycles. The second-order valence-corrected chi connectivity index (χ2v) is 6.76. The van der Waals surface area contributed by atoms with E-state index in [0.717, 1.165) is 13.1 Å². The highest BCUT2D eigenvalue weighted by atomic mass is 16.5. The number of nitrogens with zero attached hydrogens (tertiary/aromatic N) is 3. The molecule has 6 heteroatoms. The Labute approximate surface area is 149 Å². The lowest BCUT2D eigenvalue weighted by atomic mass is 10.1. The van der Waals surface area contributed by atoms with Crippen LogP contribution in [-0.2, 0) is 14.3 Å². The molecule has 2 saturated heterocycles. The third-order valence-corrected chi connectivity index (χ3v) is 5.22. The van der Waals surface area contributed by atoms with E-state index < -0.39 is 0 Å². The van der Waals surface area contributed by atoms with E-state index in [9.17, 15) is 9.59 Å². The zero-order valence-corrected chi connectivity index (χ0v) is 15.2. The molecule has 136 valence electrons. The molecule has 1 aromatic rings. The number of carbonyl (C=O) groups excluding carboxylic acids is 2. The number of anilines is 1. The van der Waals surface area contributed by atoms with Crippen LogP contribution in [0.2, 0.25) is 0 Å². The van der Waals surface area contributed by atoms with Gasteiger partial charge in [-0.1, -0.05) is 12.1 Å². The summed E-state index contributed by atoms with van der Waals surface area (Å²) in [4.78, 5) is 30.6. The third kappa shape index (κ3) is 4.12. The number of morpholine rings is 1. The molecular weight excluding hydrogens is 318 g/mol. The minimum absolute atomic E-state index is 0.0243. The molecule has 0 atom stereocenters. The van der Waals surface area contributed by atoms with Crippen LogP contribution in [0.1, 0.15) is 17.5 Å². The van der Waals surface area contributed by atoms with Gasteiger partial charge in [-0.05, 0) is 31.0 Å². The molecule has 2 aliphatic rings. The van der Waals surface area contributed by atoms with Crippen molar-refractivity contribution in [3.05, 3.63) is 29.3 Å². The summed E-state index contributed by atoms with van der Waals surface area (Å²) >= 11 is 0. The molecule has 0 saturated carbocycles. The van der Waals surface area contributed by atoms with Gasteiger partial charge in [0.15, 0.2) is 0 Å². The van der Waals surface area contributed by atoms with Crippen molar-refractivity contribution in [1.82, 2.24) is 9.80 Å². The van der Waals surface area contributed by atoms with E-state index in [1.807, 2.05) is 4.90 Å². The van der Waals surface area contributed by atoms with Crippen molar-refractivity contribution in [2.24, 2.45) is 0 Å². The second kappa shape index (κ2) is 7.87. The standard InChI is InChI=1S/C19H27N3O3/c1-15-4-3-5-17(16(15)2)20-6-8-21(9-7-20)18(23)14-19(24)22-10-12-25-13-11-22/h3-5H,6-14H2,1-2H3. The Hall–Kier alpha value is -2.08. The molecule has 2 heterocycles. The summed E-state index contributed by atoms with van der Waals surface area (Å²) in [6.07, 6.45) is -0.0243. The van der Waals surface area contributed by atoms with Crippen LogP contribution in [-0.4, -0.2) is 74.1 Å². The van der Waals surface area contributed by atoms with Crippen molar-refractivity contribution in [3.63, 3.8) is 0 Å². The molecule has 0 unspecified atom stereocenters. The van der Waals surface area contributed by atoms with Crippen LogP contribution >= 0.6 is 0 Å². The average molecular weight is 345 g/mol. The summed E-state index contributed by atoms with van der Waals surface area (Å²) < 4.78 is 5.25. The fourth-order valence-electron chi connectivity index (χ4n) is 3.44. The normalized spacial score (nSPS) is 18.4. The summed E-state index contributed by atoms with van der Waals surface area (Å²) in [7, 11) is 0. The molecule has 6 nitrogen and oxygen atoms in total. The Balaban J connectivity index is 1.52. The van der Waals surface area contributed by atoms with Gasteiger partial charge < -0.3 is 19.4 Å². The van der Waals surface area contributed by atoms with Crippen LogP contribution in [0.4, 0.5) is 5.69 Å². The largest absolute Gasteiger partial charge is 0.378 e. The van der Waals surface area contributed by atoms with Gasteiger partial charge in [0.1, 0.15) is 6.42 Å². The maximum absolute atomic E-state index is 12.4. The Morgan fingerprint density at radius 2 is 1.52 bits per heavy atom. The minimum Gasteiger partial charge on any atom is -0.378 e. The van der Waals surface area contributed by atoms with Gasteiger partial charge in [0.25, 0.3) is 0 Å². The van der Waals surface area contributed by atoms with Crippen LogP contribution < -0.4 is 4.90 Å². The van der Waals surface area contributed by atoms with Gasteiger partial charge in [0, 0.05) is 45.0 Å². The summed E-state index contributed by atoms with van der Waals surface area (Å²) in [6.45, 7) is 9.52. The number of carbonyl (C=O) groups is 2. The number of ether oxygens (including phenoxy) is 1. The lowest BCUT2D eigenvalue weighted by Crippen LogP contribution is -2.50. The van der Waals surface area contributed by atoms with Crippen LogP contribution in [0.15, 0.2) is 18.2 Å². The zero-order valence-electron chi connectivity index (χ0n) is 15.2. The van der Waals surface area contributed by atoms with E-state index in [1.54, 1.807) is 4.90 Å². The molecule has 0 N–H and O–H groups in total. The van der Waals surface area contributed by atoms with Crippen molar-refractivity contribution in [1.29, 1.82) is 0 Å². The first-order valence-corrected chi connectivity index (χ1v) is 9.00. The summed E-state index contributed by atoms with van der Waals surface area (Å²) in [5.41, 5.74) is 3.83. The Kier molecular flexibility index (Phi) is 5.58. The fraction of sp³-hybridized carbons (Fsp3) is 0.579. The number of hydrogen-bond acceptors (Lipinski definition) is 4. The topological polar surface area (TPSA) is 53.1 Å². The lowest BCUT2D eigenvalue weighted by molar-refractivity contribution is -0.143. The molecule has 1 aromatic carbocycles. The molecule has 25 heavy (non-hydrogen) atoms. The van der Waals surface area contributed by atoms with Crippen LogP contribution in [0.25, 0.3) is 0 Å². The van der Waals surface area contributed by atoms with Crippen molar-refractivity contribution >= 4 is 17.5 Å². The van der Waals surface area contributed by atoms with E-state index >= 15 is 0 Å². The highest BCUT2D eigenvalue weighted by Gasteiger charge is 2.26. The number of piperazine rings is 1. The van der Waals surface area contributed by atoms with Gasteiger partial charge in [-0.3, -0.25) is 9.59 Å². The molecule has 2 fully saturated rings. The van der Waals surface area contributed by atoms with E-state index in [4.69, 9.17) is 4.74 Å². The van der Waals surface area contributed by atoms with Crippen molar-refractivity contribution in [2.75, 3.05) is 57.4 Å². The molecule has 0 spiro atoms. The quantitative estimate of drug-likeness (QED) is 0.773. The smallest absolute Gasteiger partial charge is 0.232 e. The minimum atomic E-state index is -0.0785. The molecule has 0 aliphatic carbocycles. The van der Waals surface area contributed by atoms with E-state index in [0.29, 0.717) is 39.4 Å². The first-order chi connectivity index (χ1) is 12.1. The SMILES string of the molecule is Cc1cccc(N2CCN(C(=O)CC(=O)N3CCOCC3)CC2)c1C. The number of benzene rings is 1. The first kappa shape index (κ1) is 17.7. The Morgan fingerprint density at radius 1 is 0.920 bits per heavy atom. The van der Waals surface area contributed by atoms with Gasteiger partial charge >= 0.3 is 0 Å². The second-order valence-electron chi connectivity index (χ2n) is 6.76. The fourth-order valence-corrected chi connectivity index (χ4v) is 3.44. The lowest BCUT2D eigenvalue weighted by Gasteiger charge is -2.37. The highest BCUT2D eigenvalue weighted by Crippen LogP contribution is 2.24. The summed E-state index contributed by atoms with van der Waals surface area (Å²) in [6, 6.07) is 6.34. The van der Waals surface area contributed by atoms with Gasteiger partial charge in [-0.15, -0.1) is 0 Å². The van der Waals surface area contributed by atoms with E-state index in [-0.39, 0.29) is 18.2 Å². The monoisotopic (exact) mass is 345 g/mol. The summed E-state index contributed by atoms with van der Waals surface area (Å²) in [5, 5.41) is 0. The Bertz CT molecular complexity index is 633. The third-order valence-electron chi connectivity index (χ3n) is 5.22. The van der Waals surface area contributed by atoms with E-state index in [2.05, 4.69) is 36.9 Å². The highest BCUT2D eigenvalue weighted by molar-refractivity contribution is 5.97. The number of hydrogen-bond donors (Lipinski definition) is 0. The molecule has 3 rings (SSSR count). The molecule has 0 radical (unpaired) electrons. The number of rotatable bonds is 3. The Morgan fingerprint density at radius 3 is 2.16 bits per heavy atom. The van der Waals surface area contributed by atoms with E-state index in [1.165, 1.54) is 16.8 Å². The van der Waals surface area contributed by atoms with Crippen LogP contribution in [0.5, 0.6) is 0 Å². The van der Waals surface area contributed by atoms with Crippen molar-refractivity contribution in [2.45, 2.75) is 20.3 Å². The predicted molar refractivity (Wildman–Crippen MR) is 96.7 cm³/mol. The molecule has 0 bridgehead atoms. The maximum atomic E-state index is 12.4. The average Bonchev–Trinajstić information content (AvgIpc) is 2.65. The summed E-state index contributed by atoms with van der Waals surface area (Å²) in [5.74, 6) is -0.137. The van der Waals surface area contributed by atoms with Crippen LogP contribution in [0, 0.1) is 13.8 Å². The van der Waals surface area contributed by atoms with Crippen molar-refractivity contribution in [3.8, 4) is 0 Å². The zero-order chi connectivity index (χ0) is 17.8. The molecule has 2 amide bonds. The van der Waals surface area contributed by atoms with Gasteiger partial charge in [0.2, 0.25) is 11.8 Å². The van der Waals surface area contributed by atoms with Gasteiger partial charge in [-0.2, -0.15) is 0 Å². The first-order valence-electron chi connectivity index (χ1n) is 9.00. The maximum Gasteiger partial charge on any atom is 0.232 e. The van der Waals surface area contributed by atoms with Crippen LogP contribution in [0.3, 0.4) is 0 Å². The molecule has 0 aromatic heterocycles. The molecular formula is C19H27N3O3. The van der Waals surface area contributed by atoms with Crippen molar-refractivity contribution < 1.29 is 14.3 Å².